The zero-order chi connectivity index (χ0) is 22.2. The van der Waals surface area contributed by atoms with E-state index < -0.39 is 5.82 Å². The van der Waals surface area contributed by atoms with Crippen molar-refractivity contribution in [1.29, 1.82) is 5.26 Å². The molecule has 0 radical (unpaired) electrons. The van der Waals surface area contributed by atoms with Crippen LogP contribution in [0.4, 0.5) is 4.39 Å². The van der Waals surface area contributed by atoms with Gasteiger partial charge in [0, 0.05) is 27.9 Å². The van der Waals surface area contributed by atoms with Gasteiger partial charge in [-0.2, -0.15) is 15.5 Å². The van der Waals surface area contributed by atoms with Crippen molar-refractivity contribution >= 4 is 17.3 Å². The van der Waals surface area contributed by atoms with Crippen LogP contribution < -0.4 is 0 Å². The molecule has 0 atom stereocenters. The molecule has 4 aromatic rings. The van der Waals surface area contributed by atoms with E-state index in [2.05, 4.69) is 32.9 Å². The SMILES string of the molecule is Cc1c(-c2cc(Sc3ccc(F)cn3)c3c(C#N)cnn3c2)cnn1C1CCC(O)CC1. The van der Waals surface area contributed by atoms with Gasteiger partial charge in [-0.05, 0) is 50.8 Å². The lowest BCUT2D eigenvalue weighted by atomic mass is 9.93. The molecule has 0 unspecified atom stereocenters. The molecule has 4 heterocycles. The number of fused-ring (bicyclic) bond motifs is 1. The van der Waals surface area contributed by atoms with Gasteiger partial charge in [-0.1, -0.05) is 11.8 Å². The molecule has 0 aromatic carbocycles. The minimum atomic E-state index is -0.395. The molecule has 5 rings (SSSR count). The number of pyridine rings is 2. The van der Waals surface area contributed by atoms with Gasteiger partial charge in [-0.3, -0.25) is 4.68 Å². The van der Waals surface area contributed by atoms with Crippen molar-refractivity contribution in [2.75, 3.05) is 0 Å². The third kappa shape index (κ3) is 3.76. The zero-order valence-corrected chi connectivity index (χ0v) is 18.3. The average Bonchev–Trinajstić information content (AvgIpc) is 3.39. The van der Waals surface area contributed by atoms with Crippen LogP contribution in [0.5, 0.6) is 0 Å². The van der Waals surface area contributed by atoms with Crippen LogP contribution in [-0.2, 0) is 0 Å². The molecule has 1 aliphatic carbocycles. The molecule has 9 heteroatoms. The Morgan fingerprint density at radius 1 is 1.16 bits per heavy atom. The summed E-state index contributed by atoms with van der Waals surface area (Å²) in [5, 5.41) is 29.0. The maximum Gasteiger partial charge on any atom is 0.141 e. The van der Waals surface area contributed by atoms with E-state index in [0.29, 0.717) is 16.1 Å². The Labute approximate surface area is 188 Å². The van der Waals surface area contributed by atoms with Crippen LogP contribution in [0.2, 0.25) is 0 Å². The Kier molecular flexibility index (Phi) is 5.41. The molecule has 7 nitrogen and oxygen atoms in total. The Morgan fingerprint density at radius 2 is 1.97 bits per heavy atom. The van der Waals surface area contributed by atoms with Gasteiger partial charge in [-0.25, -0.2) is 13.9 Å². The van der Waals surface area contributed by atoms with Crippen molar-refractivity contribution < 1.29 is 9.50 Å². The van der Waals surface area contributed by atoms with Crippen LogP contribution in [0.15, 0.2) is 52.9 Å². The number of rotatable bonds is 4. The van der Waals surface area contributed by atoms with Crippen LogP contribution in [0, 0.1) is 24.1 Å². The van der Waals surface area contributed by atoms with Gasteiger partial charge < -0.3 is 5.11 Å². The highest BCUT2D eigenvalue weighted by molar-refractivity contribution is 7.99. The quantitative estimate of drug-likeness (QED) is 0.493. The molecule has 1 saturated carbocycles. The predicted molar refractivity (Wildman–Crippen MR) is 118 cm³/mol. The molecule has 1 fully saturated rings. The fraction of sp³-hybridized carbons (Fsp3) is 0.304. The number of nitrogens with zero attached hydrogens (tertiary/aromatic N) is 6. The molecule has 1 aliphatic rings. The number of nitriles is 1. The van der Waals surface area contributed by atoms with E-state index in [1.165, 1.54) is 24.0 Å². The first-order valence-corrected chi connectivity index (χ1v) is 11.3. The van der Waals surface area contributed by atoms with Gasteiger partial charge in [0.25, 0.3) is 0 Å². The van der Waals surface area contributed by atoms with Crippen LogP contribution in [0.3, 0.4) is 0 Å². The lowest BCUT2D eigenvalue weighted by Gasteiger charge is -2.26. The van der Waals surface area contributed by atoms with E-state index >= 15 is 0 Å². The maximum absolute atomic E-state index is 13.3. The molecule has 0 spiro atoms. The number of aliphatic hydroxyl groups is 1. The van der Waals surface area contributed by atoms with Gasteiger partial charge in [0.05, 0.1) is 41.8 Å². The van der Waals surface area contributed by atoms with Crippen LogP contribution in [0.25, 0.3) is 16.6 Å². The number of halogens is 1. The summed E-state index contributed by atoms with van der Waals surface area (Å²) in [6.07, 6.45) is 9.68. The molecule has 0 amide bonds. The lowest BCUT2D eigenvalue weighted by Crippen LogP contribution is -2.22. The molecule has 32 heavy (non-hydrogen) atoms. The molecule has 4 aromatic heterocycles. The fourth-order valence-electron chi connectivity index (χ4n) is 4.30. The van der Waals surface area contributed by atoms with Gasteiger partial charge in [0.2, 0.25) is 0 Å². The zero-order valence-electron chi connectivity index (χ0n) is 17.4. The predicted octanol–water partition coefficient (Wildman–Crippen LogP) is 4.54. The molecule has 0 bridgehead atoms. The van der Waals surface area contributed by atoms with Crippen LogP contribution in [0.1, 0.15) is 43.0 Å². The molecular formula is C23H21FN6OS. The minimum absolute atomic E-state index is 0.210. The second kappa shape index (κ2) is 8.37. The summed E-state index contributed by atoms with van der Waals surface area (Å²) in [5.41, 5.74) is 4.12. The summed E-state index contributed by atoms with van der Waals surface area (Å²) in [6, 6.07) is 7.47. The highest BCUT2D eigenvalue weighted by Gasteiger charge is 2.24. The third-order valence-electron chi connectivity index (χ3n) is 5.98. The number of hydrogen-bond acceptors (Lipinski definition) is 6. The van der Waals surface area contributed by atoms with Crippen molar-refractivity contribution in [1.82, 2.24) is 24.4 Å². The van der Waals surface area contributed by atoms with Crippen molar-refractivity contribution in [2.45, 2.75) is 54.7 Å². The molecular weight excluding hydrogens is 427 g/mol. The summed E-state index contributed by atoms with van der Waals surface area (Å²) < 4.78 is 17.1. The standard InChI is InChI=1S/C23H21FN6OS/c1-14-20(12-28-30(14)18-3-5-19(31)6-4-18)15-8-21(32-22-7-2-17(24)11-26-22)23-16(9-25)10-27-29(23)13-15/h2,7-8,10-13,18-19,31H,3-6H2,1H3. The summed E-state index contributed by atoms with van der Waals surface area (Å²) in [7, 11) is 0. The topological polar surface area (TPSA) is 92.0 Å². The van der Waals surface area contributed by atoms with Gasteiger partial charge in [0.15, 0.2) is 0 Å². The summed E-state index contributed by atoms with van der Waals surface area (Å²) >= 11 is 1.37. The fourth-order valence-corrected chi connectivity index (χ4v) is 5.26. The Bertz CT molecular complexity index is 1320. The first-order chi connectivity index (χ1) is 15.5. The second-order valence-electron chi connectivity index (χ2n) is 8.02. The minimum Gasteiger partial charge on any atom is -0.393 e. The monoisotopic (exact) mass is 448 g/mol. The van der Waals surface area contributed by atoms with Crippen LogP contribution >= 0.6 is 11.8 Å². The van der Waals surface area contributed by atoms with Gasteiger partial charge >= 0.3 is 0 Å². The summed E-state index contributed by atoms with van der Waals surface area (Å²) in [6.45, 7) is 2.05. The first kappa shape index (κ1) is 20.7. The van der Waals surface area contributed by atoms with E-state index in [1.807, 2.05) is 18.5 Å². The number of aromatic nitrogens is 5. The number of aliphatic hydroxyl groups excluding tert-OH is 1. The third-order valence-corrected chi connectivity index (χ3v) is 6.96. The van der Waals surface area contributed by atoms with Gasteiger partial charge in [0.1, 0.15) is 16.9 Å². The van der Waals surface area contributed by atoms with E-state index in [-0.39, 0.29) is 12.1 Å². The molecule has 0 aliphatic heterocycles. The average molecular weight is 449 g/mol. The van der Waals surface area contributed by atoms with E-state index in [0.717, 1.165) is 47.4 Å². The van der Waals surface area contributed by atoms with E-state index in [9.17, 15) is 14.8 Å². The Morgan fingerprint density at radius 3 is 2.69 bits per heavy atom. The smallest absolute Gasteiger partial charge is 0.141 e. The van der Waals surface area contributed by atoms with Crippen molar-refractivity contribution in [3.63, 3.8) is 0 Å². The number of hydrogen-bond donors (Lipinski definition) is 1. The largest absolute Gasteiger partial charge is 0.393 e. The Hall–Kier alpha value is -3.22. The summed E-state index contributed by atoms with van der Waals surface area (Å²) in [4.78, 5) is 4.96. The van der Waals surface area contributed by atoms with Crippen molar-refractivity contribution in [3.05, 3.63) is 60.1 Å². The lowest BCUT2D eigenvalue weighted by molar-refractivity contribution is 0.107. The van der Waals surface area contributed by atoms with Crippen molar-refractivity contribution in [2.24, 2.45) is 0 Å². The summed E-state index contributed by atoms with van der Waals surface area (Å²) in [5.74, 6) is -0.395. The van der Waals surface area contributed by atoms with Crippen LogP contribution in [-0.4, -0.2) is 35.6 Å². The molecule has 162 valence electrons. The highest BCUT2D eigenvalue weighted by atomic mass is 32.2. The van der Waals surface area contributed by atoms with Gasteiger partial charge in [-0.15, -0.1) is 0 Å². The highest BCUT2D eigenvalue weighted by Crippen LogP contribution is 2.37. The Balaban J connectivity index is 1.57. The van der Waals surface area contributed by atoms with Crippen molar-refractivity contribution in [3.8, 4) is 17.2 Å². The maximum atomic E-state index is 13.3. The van der Waals surface area contributed by atoms with E-state index in [4.69, 9.17) is 0 Å². The normalized spacial score (nSPS) is 18.7. The second-order valence-corrected chi connectivity index (χ2v) is 9.09. The molecule has 0 saturated heterocycles. The van der Waals surface area contributed by atoms with E-state index in [1.54, 1.807) is 16.8 Å². The first-order valence-electron chi connectivity index (χ1n) is 10.5. The molecule has 1 N–H and O–H groups in total.